The Kier molecular flexibility index (Phi) is 4.72. The number of imide groups is 1. The maximum atomic E-state index is 13.4. The third kappa shape index (κ3) is 3.14. The molecule has 2 aliphatic heterocycles. The van der Waals surface area contributed by atoms with Gasteiger partial charge in [-0.2, -0.15) is 0 Å². The van der Waals surface area contributed by atoms with E-state index in [1.54, 1.807) is 12.1 Å². The summed E-state index contributed by atoms with van der Waals surface area (Å²) < 4.78 is 0. The second-order valence-electron chi connectivity index (χ2n) is 7.42. The van der Waals surface area contributed by atoms with E-state index in [0.717, 1.165) is 27.3 Å². The normalized spacial score (nSPS) is 23.1. The number of anilines is 1. The number of aromatic nitrogens is 1. The van der Waals surface area contributed by atoms with E-state index < -0.39 is 11.2 Å². The van der Waals surface area contributed by atoms with Crippen LogP contribution in [0, 0.1) is 12.8 Å². The molecule has 7 heteroatoms. The van der Waals surface area contributed by atoms with Crippen molar-refractivity contribution in [2.24, 2.45) is 5.92 Å². The lowest BCUT2D eigenvalue weighted by molar-refractivity contribution is -0.122. The number of nitrogens with zero attached hydrogens (tertiary/aromatic N) is 1. The lowest BCUT2D eigenvalue weighted by Gasteiger charge is -2.27. The van der Waals surface area contributed by atoms with Crippen LogP contribution in [-0.2, 0) is 9.59 Å². The number of benzene rings is 2. The molecule has 3 aromatic rings. The topological polar surface area (TPSA) is 70.2 Å². The average molecular weight is 435 g/mol. The van der Waals surface area contributed by atoms with Gasteiger partial charge in [0, 0.05) is 10.8 Å². The number of allylic oxidation sites excluding steroid dienone is 1. The van der Waals surface area contributed by atoms with E-state index in [2.05, 4.69) is 4.98 Å². The number of amides is 2. The van der Waals surface area contributed by atoms with Crippen LogP contribution in [0.3, 0.4) is 0 Å². The fraction of sp³-hybridized carbons (Fsp3) is 0.174. The number of thioether (sulfide) groups is 1. The van der Waals surface area contributed by atoms with Gasteiger partial charge in [-0.15, -0.1) is 0 Å². The summed E-state index contributed by atoms with van der Waals surface area (Å²) in [5, 5.41) is 0.142. The third-order valence-corrected chi connectivity index (χ3v) is 7.88. The Bertz CT molecular complexity index is 1210. The lowest BCUT2D eigenvalue weighted by Crippen LogP contribution is -2.31. The van der Waals surface area contributed by atoms with Gasteiger partial charge in [0.25, 0.3) is 0 Å². The molecule has 0 spiro atoms. The van der Waals surface area contributed by atoms with Crippen molar-refractivity contribution in [3.8, 4) is 0 Å². The first kappa shape index (κ1) is 19.1. The molecule has 0 bridgehead atoms. The molecular formula is C23H18N2O3S2. The summed E-state index contributed by atoms with van der Waals surface area (Å²) in [6, 6.07) is 17.2. The van der Waals surface area contributed by atoms with Crippen molar-refractivity contribution >= 4 is 46.7 Å². The van der Waals surface area contributed by atoms with Gasteiger partial charge in [0.05, 0.1) is 16.6 Å². The van der Waals surface area contributed by atoms with E-state index in [0.29, 0.717) is 10.7 Å². The molecule has 2 aromatic carbocycles. The largest absolute Gasteiger partial charge is 0.307 e. The van der Waals surface area contributed by atoms with Gasteiger partial charge in [-0.05, 0) is 24.6 Å². The second-order valence-corrected chi connectivity index (χ2v) is 9.58. The second kappa shape index (κ2) is 7.41. The molecule has 1 fully saturated rings. The van der Waals surface area contributed by atoms with Crippen molar-refractivity contribution in [1.29, 1.82) is 0 Å². The maximum absolute atomic E-state index is 13.4. The molecule has 3 atom stereocenters. The maximum Gasteiger partial charge on any atom is 0.305 e. The van der Waals surface area contributed by atoms with Gasteiger partial charge in [-0.1, -0.05) is 83.3 Å². The highest BCUT2D eigenvalue weighted by Crippen LogP contribution is 2.51. The van der Waals surface area contributed by atoms with E-state index in [1.807, 2.05) is 61.5 Å². The van der Waals surface area contributed by atoms with Crippen LogP contribution in [0.5, 0.6) is 0 Å². The zero-order valence-electron chi connectivity index (χ0n) is 16.1. The van der Waals surface area contributed by atoms with Crippen molar-refractivity contribution in [2.45, 2.75) is 23.1 Å². The van der Waals surface area contributed by atoms with Gasteiger partial charge in [-0.25, -0.2) is 4.90 Å². The molecule has 2 aliphatic rings. The summed E-state index contributed by atoms with van der Waals surface area (Å²) in [4.78, 5) is 43.5. The highest BCUT2D eigenvalue weighted by atomic mass is 32.2. The molecule has 150 valence electrons. The fourth-order valence-electron chi connectivity index (χ4n) is 3.99. The summed E-state index contributed by atoms with van der Waals surface area (Å²) in [6.07, 6.45) is 3.91. The van der Waals surface area contributed by atoms with Gasteiger partial charge >= 0.3 is 4.87 Å². The summed E-state index contributed by atoms with van der Waals surface area (Å²) >= 11 is 2.42. The Hall–Kier alpha value is -2.90. The molecule has 2 amide bonds. The van der Waals surface area contributed by atoms with Gasteiger partial charge in [0.1, 0.15) is 5.25 Å². The third-order valence-electron chi connectivity index (χ3n) is 5.46. The quantitative estimate of drug-likeness (QED) is 0.627. The number of hydrogen-bond donors (Lipinski definition) is 1. The van der Waals surface area contributed by atoms with E-state index in [4.69, 9.17) is 0 Å². The average Bonchev–Trinajstić information content (AvgIpc) is 3.24. The zero-order chi connectivity index (χ0) is 20.8. The Labute approximate surface area is 181 Å². The minimum absolute atomic E-state index is 0.166. The van der Waals surface area contributed by atoms with Crippen LogP contribution in [0.15, 0.2) is 70.5 Å². The summed E-state index contributed by atoms with van der Waals surface area (Å²) in [5.74, 6) is -1.31. The van der Waals surface area contributed by atoms with Gasteiger partial charge in [0.2, 0.25) is 11.8 Å². The molecule has 0 saturated carbocycles. The molecule has 1 N–H and O–H groups in total. The number of nitrogens with one attached hydrogen (secondary N) is 1. The van der Waals surface area contributed by atoms with Crippen LogP contribution in [-0.4, -0.2) is 22.0 Å². The molecule has 3 heterocycles. The number of thiazole rings is 1. The molecule has 0 radical (unpaired) electrons. The number of carbonyl (C=O) groups excluding carboxylic acids is 2. The van der Waals surface area contributed by atoms with E-state index in [-0.39, 0.29) is 22.6 Å². The Balaban J connectivity index is 1.57. The molecule has 5 rings (SSSR count). The highest BCUT2D eigenvalue weighted by molar-refractivity contribution is 8.00. The Morgan fingerprint density at radius 3 is 2.43 bits per heavy atom. The van der Waals surface area contributed by atoms with Crippen LogP contribution in [0.25, 0.3) is 6.08 Å². The number of H-pyrrole nitrogens is 1. The van der Waals surface area contributed by atoms with Crippen molar-refractivity contribution in [3.63, 3.8) is 0 Å². The monoisotopic (exact) mass is 434 g/mol. The summed E-state index contributed by atoms with van der Waals surface area (Å²) in [6.45, 7) is 1.96. The Morgan fingerprint density at radius 1 is 0.967 bits per heavy atom. The molecule has 5 nitrogen and oxygen atoms in total. The SMILES string of the molecule is Cc1ccc(N2C(=O)C3Sc4[nH]c(=O)sc4C(C=Cc4ccccc4)C3C2=O)cc1. The lowest BCUT2D eigenvalue weighted by atomic mass is 9.88. The molecule has 30 heavy (non-hydrogen) atoms. The number of carbonyl (C=O) groups is 2. The highest BCUT2D eigenvalue weighted by Gasteiger charge is 2.55. The Morgan fingerprint density at radius 2 is 1.70 bits per heavy atom. The summed E-state index contributed by atoms with van der Waals surface area (Å²) in [5.41, 5.74) is 2.66. The number of aryl methyl sites for hydroxylation is 1. The predicted octanol–water partition coefficient (Wildman–Crippen LogP) is 4.21. The van der Waals surface area contributed by atoms with E-state index in [9.17, 15) is 14.4 Å². The van der Waals surface area contributed by atoms with Gasteiger partial charge in [0.15, 0.2) is 0 Å². The van der Waals surface area contributed by atoms with Gasteiger partial charge in [-0.3, -0.25) is 14.4 Å². The molecular weight excluding hydrogens is 416 g/mol. The van der Waals surface area contributed by atoms with Crippen LogP contribution >= 0.6 is 23.1 Å². The molecule has 1 aromatic heterocycles. The molecule has 3 unspecified atom stereocenters. The molecule has 1 saturated heterocycles. The first-order chi connectivity index (χ1) is 14.5. The first-order valence-corrected chi connectivity index (χ1v) is 11.3. The minimum atomic E-state index is -0.554. The summed E-state index contributed by atoms with van der Waals surface area (Å²) in [7, 11) is 0. The van der Waals surface area contributed by atoms with Crippen molar-refractivity contribution in [2.75, 3.05) is 4.90 Å². The first-order valence-electron chi connectivity index (χ1n) is 9.60. The van der Waals surface area contributed by atoms with E-state index >= 15 is 0 Å². The number of rotatable bonds is 3. The minimum Gasteiger partial charge on any atom is -0.307 e. The van der Waals surface area contributed by atoms with Crippen LogP contribution in [0.4, 0.5) is 5.69 Å². The van der Waals surface area contributed by atoms with Crippen molar-refractivity contribution in [3.05, 3.63) is 86.3 Å². The predicted molar refractivity (Wildman–Crippen MR) is 120 cm³/mol. The van der Waals surface area contributed by atoms with Crippen LogP contribution in [0.1, 0.15) is 21.9 Å². The van der Waals surface area contributed by atoms with Gasteiger partial charge < -0.3 is 4.98 Å². The fourth-order valence-corrected chi connectivity index (χ4v) is 6.48. The zero-order valence-corrected chi connectivity index (χ0v) is 17.7. The number of hydrogen-bond acceptors (Lipinski definition) is 5. The van der Waals surface area contributed by atoms with E-state index in [1.165, 1.54) is 16.7 Å². The smallest absolute Gasteiger partial charge is 0.305 e. The standard InChI is InChI=1S/C23H18N2O3S2/c1-13-7-10-15(11-8-13)25-21(26)17-16(12-9-14-5-3-2-4-6-14)18-20(24-23(28)30-18)29-19(17)22(25)27/h2-12,16-17,19H,1H3,(H,24,28). The molecule has 0 aliphatic carbocycles. The van der Waals surface area contributed by atoms with Crippen molar-refractivity contribution < 1.29 is 9.59 Å². The number of fused-ring (bicyclic) bond motifs is 2. The van der Waals surface area contributed by atoms with Crippen LogP contribution in [0.2, 0.25) is 0 Å². The van der Waals surface area contributed by atoms with Crippen molar-refractivity contribution in [1.82, 2.24) is 4.98 Å². The van der Waals surface area contributed by atoms with Crippen LogP contribution < -0.4 is 9.77 Å². The number of aromatic amines is 1.